The lowest BCUT2D eigenvalue weighted by Crippen LogP contribution is -2.11. The summed E-state index contributed by atoms with van der Waals surface area (Å²) < 4.78 is 30.9. The van der Waals surface area contributed by atoms with Crippen molar-refractivity contribution in [3.8, 4) is 0 Å². The first-order valence-corrected chi connectivity index (χ1v) is 7.37. The van der Waals surface area contributed by atoms with Crippen molar-refractivity contribution in [3.63, 3.8) is 0 Å². The maximum absolute atomic E-state index is 12.8. The number of hydrogen-bond donors (Lipinski definition) is 0. The number of ether oxygens (including phenoxy) is 1. The molecule has 0 aliphatic heterocycles. The summed E-state index contributed by atoms with van der Waals surface area (Å²) in [6.45, 7) is 1.95. The van der Waals surface area contributed by atoms with Crippen LogP contribution in [0.3, 0.4) is 0 Å². The third-order valence-corrected chi connectivity index (χ3v) is 3.88. The number of rotatable bonds is 5. The standard InChI is InChI=1S/C11H11BrF2INO2/c1-2-18-9(17)4-6-3-7(11(13)14)10(15)8(5-12)16-6/h3,11H,2,4-5H2,1H3. The lowest BCUT2D eigenvalue weighted by molar-refractivity contribution is -0.142. The Morgan fingerprint density at radius 2 is 2.28 bits per heavy atom. The van der Waals surface area contributed by atoms with Gasteiger partial charge in [0.2, 0.25) is 0 Å². The van der Waals surface area contributed by atoms with Gasteiger partial charge in [0.15, 0.2) is 0 Å². The van der Waals surface area contributed by atoms with E-state index >= 15 is 0 Å². The van der Waals surface area contributed by atoms with Crippen LogP contribution >= 0.6 is 38.5 Å². The molecule has 3 nitrogen and oxygen atoms in total. The second-order valence-electron chi connectivity index (χ2n) is 3.38. The number of aromatic nitrogens is 1. The van der Waals surface area contributed by atoms with Gasteiger partial charge < -0.3 is 4.74 Å². The lowest BCUT2D eigenvalue weighted by atomic mass is 10.1. The topological polar surface area (TPSA) is 39.2 Å². The Bertz CT molecular complexity index is 443. The van der Waals surface area contributed by atoms with Gasteiger partial charge in [-0.05, 0) is 35.6 Å². The predicted molar refractivity (Wildman–Crippen MR) is 74.9 cm³/mol. The third-order valence-electron chi connectivity index (χ3n) is 2.10. The predicted octanol–water partition coefficient (Wildman–Crippen LogP) is 3.62. The van der Waals surface area contributed by atoms with Crippen molar-refractivity contribution in [3.05, 3.63) is 26.6 Å². The zero-order valence-corrected chi connectivity index (χ0v) is 13.3. The van der Waals surface area contributed by atoms with E-state index in [0.29, 0.717) is 20.3 Å². The minimum atomic E-state index is -2.58. The van der Waals surface area contributed by atoms with E-state index in [1.54, 1.807) is 6.92 Å². The van der Waals surface area contributed by atoms with E-state index in [2.05, 4.69) is 20.9 Å². The van der Waals surface area contributed by atoms with Gasteiger partial charge in [-0.1, -0.05) is 15.9 Å². The molecule has 18 heavy (non-hydrogen) atoms. The molecular weight excluding hydrogens is 423 g/mol. The Balaban J connectivity index is 3.06. The van der Waals surface area contributed by atoms with Gasteiger partial charge in [0.1, 0.15) is 0 Å². The molecule has 1 aromatic heterocycles. The van der Waals surface area contributed by atoms with Crippen LogP contribution in [0.15, 0.2) is 6.07 Å². The molecule has 0 saturated carbocycles. The first-order chi connectivity index (χ1) is 8.49. The molecule has 1 rings (SSSR count). The van der Waals surface area contributed by atoms with E-state index in [9.17, 15) is 13.6 Å². The van der Waals surface area contributed by atoms with Crippen molar-refractivity contribution in [1.29, 1.82) is 0 Å². The Morgan fingerprint density at radius 1 is 1.61 bits per heavy atom. The Morgan fingerprint density at radius 3 is 2.78 bits per heavy atom. The number of nitrogens with zero attached hydrogens (tertiary/aromatic N) is 1. The summed E-state index contributed by atoms with van der Waals surface area (Å²) in [6, 6.07) is 1.26. The maximum atomic E-state index is 12.8. The Kier molecular flexibility index (Phi) is 6.40. The molecule has 100 valence electrons. The van der Waals surface area contributed by atoms with Gasteiger partial charge in [-0.25, -0.2) is 8.78 Å². The Labute approximate surface area is 126 Å². The summed E-state index contributed by atoms with van der Waals surface area (Å²) in [7, 11) is 0. The highest BCUT2D eigenvalue weighted by molar-refractivity contribution is 14.1. The highest BCUT2D eigenvalue weighted by Gasteiger charge is 2.18. The van der Waals surface area contributed by atoms with E-state index in [0.717, 1.165) is 0 Å². The van der Waals surface area contributed by atoms with Crippen LogP contribution in [0.1, 0.15) is 30.3 Å². The molecule has 0 N–H and O–H groups in total. The summed E-state index contributed by atoms with van der Waals surface area (Å²) >= 11 is 5.03. The first-order valence-electron chi connectivity index (χ1n) is 5.17. The van der Waals surface area contributed by atoms with Crippen molar-refractivity contribution in [2.45, 2.75) is 25.1 Å². The van der Waals surface area contributed by atoms with Gasteiger partial charge in [0.05, 0.1) is 24.4 Å². The normalized spacial score (nSPS) is 10.8. The first kappa shape index (κ1) is 15.7. The van der Waals surface area contributed by atoms with E-state index in [1.807, 2.05) is 22.6 Å². The number of halogens is 4. The molecule has 0 fully saturated rings. The molecule has 0 aliphatic carbocycles. The van der Waals surface area contributed by atoms with Crippen LogP contribution in [-0.2, 0) is 21.3 Å². The number of hydrogen-bond acceptors (Lipinski definition) is 3. The summed E-state index contributed by atoms with van der Waals surface area (Å²) in [5, 5.41) is 0.363. The molecule has 0 saturated heterocycles. The number of pyridine rings is 1. The average molecular weight is 434 g/mol. The zero-order valence-electron chi connectivity index (χ0n) is 9.55. The van der Waals surface area contributed by atoms with E-state index in [4.69, 9.17) is 4.74 Å². The molecule has 7 heteroatoms. The van der Waals surface area contributed by atoms with Crippen LogP contribution < -0.4 is 0 Å². The van der Waals surface area contributed by atoms with Crippen molar-refractivity contribution in [1.82, 2.24) is 4.98 Å². The van der Waals surface area contributed by atoms with Crippen LogP contribution in [0.4, 0.5) is 8.78 Å². The maximum Gasteiger partial charge on any atom is 0.311 e. The molecule has 0 radical (unpaired) electrons. The molecule has 0 amide bonds. The molecule has 0 bridgehead atoms. The molecule has 0 atom stereocenters. The van der Waals surface area contributed by atoms with Crippen LogP contribution in [-0.4, -0.2) is 17.6 Å². The summed E-state index contributed by atoms with van der Waals surface area (Å²) in [6.07, 6.45) is -2.68. The van der Waals surface area contributed by atoms with Crippen molar-refractivity contribution < 1.29 is 18.3 Å². The second kappa shape index (κ2) is 7.32. The smallest absolute Gasteiger partial charge is 0.311 e. The largest absolute Gasteiger partial charge is 0.466 e. The minimum Gasteiger partial charge on any atom is -0.466 e. The van der Waals surface area contributed by atoms with Gasteiger partial charge in [-0.2, -0.15) is 0 Å². The van der Waals surface area contributed by atoms with E-state index in [-0.39, 0.29) is 18.6 Å². The lowest BCUT2D eigenvalue weighted by Gasteiger charge is -2.10. The van der Waals surface area contributed by atoms with Crippen LogP contribution in [0.5, 0.6) is 0 Å². The van der Waals surface area contributed by atoms with Crippen molar-refractivity contribution >= 4 is 44.5 Å². The van der Waals surface area contributed by atoms with E-state index in [1.165, 1.54) is 6.07 Å². The average Bonchev–Trinajstić information content (AvgIpc) is 2.31. The molecule has 0 spiro atoms. The van der Waals surface area contributed by atoms with Gasteiger partial charge >= 0.3 is 5.97 Å². The fourth-order valence-corrected chi connectivity index (χ4v) is 2.99. The summed E-state index contributed by atoms with van der Waals surface area (Å²) in [5.41, 5.74) is 0.714. The summed E-state index contributed by atoms with van der Waals surface area (Å²) in [4.78, 5) is 15.5. The minimum absolute atomic E-state index is 0.0928. The van der Waals surface area contributed by atoms with Crippen LogP contribution in [0, 0.1) is 3.57 Å². The second-order valence-corrected chi connectivity index (χ2v) is 5.02. The Hall–Kier alpha value is -0.310. The van der Waals surface area contributed by atoms with Gasteiger partial charge in [-0.3, -0.25) is 9.78 Å². The van der Waals surface area contributed by atoms with Crippen molar-refractivity contribution in [2.75, 3.05) is 6.61 Å². The van der Waals surface area contributed by atoms with E-state index < -0.39 is 12.4 Å². The fraction of sp³-hybridized carbons (Fsp3) is 0.455. The van der Waals surface area contributed by atoms with Crippen LogP contribution in [0.2, 0.25) is 0 Å². The monoisotopic (exact) mass is 433 g/mol. The third kappa shape index (κ3) is 4.11. The number of esters is 1. The fourth-order valence-electron chi connectivity index (χ4n) is 1.36. The van der Waals surface area contributed by atoms with Crippen molar-refractivity contribution in [2.24, 2.45) is 0 Å². The molecule has 0 unspecified atom stereocenters. The number of carbonyl (C=O) groups excluding carboxylic acids is 1. The van der Waals surface area contributed by atoms with Crippen LogP contribution in [0.25, 0.3) is 0 Å². The molecule has 0 aliphatic rings. The van der Waals surface area contributed by atoms with Gasteiger partial charge in [0.25, 0.3) is 6.43 Å². The number of alkyl halides is 3. The quantitative estimate of drug-likeness (QED) is 0.404. The molecule has 1 aromatic rings. The van der Waals surface area contributed by atoms with Gasteiger partial charge in [0, 0.05) is 14.5 Å². The highest BCUT2D eigenvalue weighted by Crippen LogP contribution is 2.28. The summed E-state index contributed by atoms with van der Waals surface area (Å²) in [5.74, 6) is -0.466. The molecule has 0 aromatic carbocycles. The molecular formula is C11H11BrF2INO2. The molecule has 1 heterocycles. The van der Waals surface area contributed by atoms with Gasteiger partial charge in [-0.15, -0.1) is 0 Å². The zero-order chi connectivity index (χ0) is 13.7. The highest BCUT2D eigenvalue weighted by atomic mass is 127. The SMILES string of the molecule is CCOC(=O)Cc1cc(C(F)F)c(I)c(CBr)n1. The number of carbonyl (C=O) groups is 1.